The summed E-state index contributed by atoms with van der Waals surface area (Å²) in [4.78, 5) is 28.7. The van der Waals surface area contributed by atoms with E-state index in [1.807, 2.05) is 29.2 Å². The van der Waals surface area contributed by atoms with E-state index in [1.54, 1.807) is 0 Å². The second-order valence-electron chi connectivity index (χ2n) is 7.48. The third-order valence-electron chi connectivity index (χ3n) is 5.53. The molecule has 4 rings (SSSR count). The molecule has 26 heavy (non-hydrogen) atoms. The van der Waals surface area contributed by atoms with E-state index in [0.29, 0.717) is 23.9 Å². The molecule has 0 spiro atoms. The van der Waals surface area contributed by atoms with Gasteiger partial charge in [0.2, 0.25) is 5.91 Å². The molecule has 0 bridgehead atoms. The van der Waals surface area contributed by atoms with E-state index in [1.165, 1.54) is 0 Å². The number of amides is 2. The fourth-order valence-corrected chi connectivity index (χ4v) is 3.71. The summed E-state index contributed by atoms with van der Waals surface area (Å²) in [6.45, 7) is 4.66. The molecular weight excluding hydrogens is 330 g/mol. The van der Waals surface area contributed by atoms with Gasteiger partial charge in [0.1, 0.15) is 0 Å². The van der Waals surface area contributed by atoms with Gasteiger partial charge < -0.3 is 19.9 Å². The van der Waals surface area contributed by atoms with Crippen LogP contribution in [-0.2, 0) is 9.53 Å². The summed E-state index contributed by atoms with van der Waals surface area (Å²) in [5.41, 5.74) is 1.79. The van der Waals surface area contributed by atoms with Crippen LogP contribution in [0.3, 0.4) is 0 Å². The number of carbonyl (C=O) groups excluding carboxylic acids is 2. The predicted octanol–water partition coefficient (Wildman–Crippen LogP) is 1.65. The minimum Gasteiger partial charge on any atom is -0.376 e. The zero-order valence-electron chi connectivity index (χ0n) is 15.2. The number of carbonyl (C=O) groups is 2. The monoisotopic (exact) mass is 357 g/mol. The molecule has 1 aliphatic carbocycles. The summed E-state index contributed by atoms with van der Waals surface area (Å²) in [5, 5.41) is 2.95. The van der Waals surface area contributed by atoms with Crippen LogP contribution in [0.15, 0.2) is 24.3 Å². The molecule has 1 saturated carbocycles. The number of hydrogen-bond donors (Lipinski definition) is 1. The van der Waals surface area contributed by atoms with Crippen molar-refractivity contribution in [3.05, 3.63) is 29.8 Å². The molecule has 3 aliphatic rings. The summed E-state index contributed by atoms with van der Waals surface area (Å²) in [5.74, 6) is 0.587. The lowest BCUT2D eigenvalue weighted by molar-refractivity contribution is -0.132. The fraction of sp³-hybridized carbons (Fsp3) is 0.600. The fourth-order valence-electron chi connectivity index (χ4n) is 3.71. The Morgan fingerprint density at radius 2 is 1.77 bits per heavy atom. The van der Waals surface area contributed by atoms with E-state index in [0.717, 1.165) is 64.2 Å². The Labute approximate surface area is 154 Å². The molecule has 1 atom stereocenters. The van der Waals surface area contributed by atoms with Crippen LogP contribution < -0.4 is 10.2 Å². The van der Waals surface area contributed by atoms with Crippen molar-refractivity contribution >= 4 is 17.5 Å². The van der Waals surface area contributed by atoms with Gasteiger partial charge in [0, 0.05) is 56.5 Å². The SMILES string of the molecule is O=C(NCC1CCCO1)c1ccc(N2CCN(C(=O)C3CC3)CC2)cc1. The first kappa shape index (κ1) is 17.3. The van der Waals surface area contributed by atoms with E-state index in [-0.39, 0.29) is 12.0 Å². The molecular formula is C20H27N3O3. The number of nitrogens with one attached hydrogen (secondary N) is 1. The molecule has 1 unspecified atom stereocenters. The number of rotatable bonds is 5. The van der Waals surface area contributed by atoms with Crippen molar-refractivity contribution in [2.24, 2.45) is 5.92 Å². The van der Waals surface area contributed by atoms with E-state index in [2.05, 4.69) is 10.2 Å². The molecule has 0 aromatic heterocycles. The van der Waals surface area contributed by atoms with Gasteiger partial charge in [0.05, 0.1) is 6.10 Å². The summed E-state index contributed by atoms with van der Waals surface area (Å²) in [6, 6.07) is 7.75. The minimum atomic E-state index is -0.0492. The van der Waals surface area contributed by atoms with Gasteiger partial charge in [-0.1, -0.05) is 0 Å². The smallest absolute Gasteiger partial charge is 0.251 e. The van der Waals surface area contributed by atoms with Gasteiger partial charge in [-0.05, 0) is 49.9 Å². The number of ether oxygens (including phenoxy) is 1. The van der Waals surface area contributed by atoms with Gasteiger partial charge in [0.25, 0.3) is 5.91 Å². The van der Waals surface area contributed by atoms with Gasteiger partial charge in [-0.3, -0.25) is 9.59 Å². The van der Waals surface area contributed by atoms with E-state index >= 15 is 0 Å². The maximum absolute atomic E-state index is 12.3. The molecule has 1 aromatic carbocycles. The Balaban J connectivity index is 1.27. The first-order chi connectivity index (χ1) is 12.7. The zero-order valence-corrected chi connectivity index (χ0v) is 15.2. The van der Waals surface area contributed by atoms with Crippen molar-refractivity contribution in [2.45, 2.75) is 31.8 Å². The first-order valence-corrected chi connectivity index (χ1v) is 9.74. The van der Waals surface area contributed by atoms with Crippen molar-refractivity contribution in [3.63, 3.8) is 0 Å². The number of benzene rings is 1. The molecule has 6 nitrogen and oxygen atoms in total. The lowest BCUT2D eigenvalue weighted by Crippen LogP contribution is -2.49. The molecule has 140 valence electrons. The largest absolute Gasteiger partial charge is 0.376 e. The van der Waals surface area contributed by atoms with E-state index in [4.69, 9.17) is 4.74 Å². The first-order valence-electron chi connectivity index (χ1n) is 9.74. The second kappa shape index (κ2) is 7.66. The molecule has 0 radical (unpaired) electrons. The van der Waals surface area contributed by atoms with E-state index < -0.39 is 0 Å². The van der Waals surface area contributed by atoms with Crippen LogP contribution in [0, 0.1) is 5.92 Å². The van der Waals surface area contributed by atoms with Crippen LogP contribution in [0.2, 0.25) is 0 Å². The molecule has 2 saturated heterocycles. The number of piperazine rings is 1. The Morgan fingerprint density at radius 1 is 1.04 bits per heavy atom. The Morgan fingerprint density at radius 3 is 2.38 bits per heavy atom. The van der Waals surface area contributed by atoms with Crippen molar-refractivity contribution in [2.75, 3.05) is 44.2 Å². The average molecular weight is 357 g/mol. The maximum atomic E-state index is 12.3. The van der Waals surface area contributed by atoms with Crippen molar-refractivity contribution < 1.29 is 14.3 Å². The maximum Gasteiger partial charge on any atom is 0.251 e. The standard InChI is InChI=1S/C20H27N3O3/c24-19(21-14-18-2-1-13-26-18)15-5-7-17(8-6-15)22-9-11-23(12-10-22)20(25)16-3-4-16/h5-8,16,18H,1-4,9-14H2,(H,21,24). The van der Waals surface area contributed by atoms with Crippen molar-refractivity contribution in [1.82, 2.24) is 10.2 Å². The van der Waals surface area contributed by atoms with Crippen LogP contribution in [0.5, 0.6) is 0 Å². The Hall–Kier alpha value is -2.08. The lowest BCUT2D eigenvalue weighted by atomic mass is 10.1. The highest BCUT2D eigenvalue weighted by molar-refractivity contribution is 5.94. The van der Waals surface area contributed by atoms with Gasteiger partial charge in [-0.15, -0.1) is 0 Å². The van der Waals surface area contributed by atoms with E-state index in [9.17, 15) is 9.59 Å². The molecule has 1 aromatic rings. The molecule has 6 heteroatoms. The minimum absolute atomic E-state index is 0.0492. The van der Waals surface area contributed by atoms with Gasteiger partial charge in [-0.2, -0.15) is 0 Å². The van der Waals surface area contributed by atoms with Crippen LogP contribution in [0.25, 0.3) is 0 Å². The predicted molar refractivity (Wildman–Crippen MR) is 99.3 cm³/mol. The summed E-state index contributed by atoms with van der Waals surface area (Å²) in [6.07, 6.45) is 4.39. The number of anilines is 1. The molecule has 2 aliphatic heterocycles. The van der Waals surface area contributed by atoms with Crippen LogP contribution in [-0.4, -0.2) is 62.1 Å². The summed E-state index contributed by atoms with van der Waals surface area (Å²) in [7, 11) is 0. The van der Waals surface area contributed by atoms with Crippen molar-refractivity contribution in [1.29, 1.82) is 0 Å². The van der Waals surface area contributed by atoms with Crippen molar-refractivity contribution in [3.8, 4) is 0 Å². The van der Waals surface area contributed by atoms with Crippen LogP contribution >= 0.6 is 0 Å². The number of nitrogens with zero attached hydrogens (tertiary/aromatic N) is 2. The average Bonchev–Trinajstić information content (AvgIpc) is 3.41. The highest BCUT2D eigenvalue weighted by Gasteiger charge is 2.34. The lowest BCUT2D eigenvalue weighted by Gasteiger charge is -2.36. The Bertz CT molecular complexity index is 643. The topological polar surface area (TPSA) is 61.9 Å². The zero-order chi connectivity index (χ0) is 17.9. The third kappa shape index (κ3) is 4.01. The van der Waals surface area contributed by atoms with Crippen LogP contribution in [0.4, 0.5) is 5.69 Å². The highest BCUT2D eigenvalue weighted by Crippen LogP contribution is 2.31. The second-order valence-corrected chi connectivity index (χ2v) is 7.48. The molecule has 2 amide bonds. The third-order valence-corrected chi connectivity index (χ3v) is 5.53. The molecule has 1 N–H and O–H groups in total. The molecule has 3 fully saturated rings. The quantitative estimate of drug-likeness (QED) is 0.871. The summed E-state index contributed by atoms with van der Waals surface area (Å²) < 4.78 is 5.53. The highest BCUT2D eigenvalue weighted by atomic mass is 16.5. The van der Waals surface area contributed by atoms with Gasteiger partial charge in [-0.25, -0.2) is 0 Å². The molecule has 2 heterocycles. The normalized spacial score (nSPS) is 23.2. The van der Waals surface area contributed by atoms with Gasteiger partial charge >= 0.3 is 0 Å². The summed E-state index contributed by atoms with van der Waals surface area (Å²) >= 11 is 0. The Kier molecular flexibility index (Phi) is 5.11. The number of hydrogen-bond acceptors (Lipinski definition) is 4. The van der Waals surface area contributed by atoms with Crippen LogP contribution in [0.1, 0.15) is 36.0 Å². The van der Waals surface area contributed by atoms with Gasteiger partial charge in [0.15, 0.2) is 0 Å².